The number of hydrogen-bond acceptors (Lipinski definition) is 1. The molecule has 0 aromatic heterocycles. The Kier molecular flexibility index (Phi) is 6.92. The molecule has 0 spiro atoms. The van der Waals surface area contributed by atoms with Crippen molar-refractivity contribution < 1.29 is 4.79 Å². The Morgan fingerprint density at radius 3 is 2.43 bits per heavy atom. The quantitative estimate of drug-likeness (QED) is 0.543. The summed E-state index contributed by atoms with van der Waals surface area (Å²) in [4.78, 5) is 13.0. The largest absolute Gasteiger partial charge is 0.332 e. The number of likely N-dealkylation sites (tertiary alicyclic amines) is 1. The maximum atomic E-state index is 11.1. The van der Waals surface area contributed by atoms with Gasteiger partial charge in [-0.05, 0) is 25.2 Å². The molecule has 2 heteroatoms. The summed E-state index contributed by atoms with van der Waals surface area (Å²) >= 11 is 0. The topological polar surface area (TPSA) is 20.3 Å². The number of hydrogen-bond donors (Lipinski definition) is 0. The lowest BCUT2D eigenvalue weighted by Crippen LogP contribution is -2.26. The normalized spacial score (nSPS) is 19.1. The lowest BCUT2D eigenvalue weighted by atomic mass is 10.2. The number of carbonyl (C=O) groups is 1. The van der Waals surface area contributed by atoms with Crippen LogP contribution in [0.25, 0.3) is 0 Å². The summed E-state index contributed by atoms with van der Waals surface area (Å²) in [5, 5.41) is 0. The predicted molar refractivity (Wildman–Crippen MR) is 59.8 cm³/mol. The molecule has 80 valence electrons. The maximum Gasteiger partial charge on any atom is 0.298 e. The summed E-state index contributed by atoms with van der Waals surface area (Å²) < 4.78 is 0. The summed E-state index contributed by atoms with van der Waals surface area (Å²) in [7, 11) is 0. The molecule has 1 aliphatic rings. The maximum absolute atomic E-state index is 11.1. The Balaban J connectivity index is 0.000000500. The van der Waals surface area contributed by atoms with E-state index in [1.54, 1.807) is 6.92 Å². The van der Waals surface area contributed by atoms with Crippen LogP contribution in [0.1, 0.15) is 40.5 Å². The van der Waals surface area contributed by atoms with Crippen molar-refractivity contribution in [2.24, 2.45) is 5.92 Å². The highest BCUT2D eigenvalue weighted by molar-refractivity contribution is 5.93. The SMILES string of the molecule is CC#CC(=O)N1CCC(C)C1.CCC. The third kappa shape index (κ3) is 4.91. The first-order valence-electron chi connectivity index (χ1n) is 5.37. The highest BCUT2D eigenvalue weighted by Crippen LogP contribution is 2.14. The van der Waals surface area contributed by atoms with Crippen LogP contribution in [-0.4, -0.2) is 23.9 Å². The molecule has 0 aliphatic carbocycles. The van der Waals surface area contributed by atoms with E-state index < -0.39 is 0 Å². The minimum atomic E-state index is -0.0168. The third-order valence-corrected chi connectivity index (χ3v) is 1.94. The molecule has 1 aliphatic heterocycles. The fourth-order valence-electron chi connectivity index (χ4n) is 1.31. The van der Waals surface area contributed by atoms with Gasteiger partial charge in [0.2, 0.25) is 0 Å². The smallest absolute Gasteiger partial charge is 0.298 e. The van der Waals surface area contributed by atoms with E-state index in [4.69, 9.17) is 0 Å². The van der Waals surface area contributed by atoms with E-state index in [-0.39, 0.29) is 5.91 Å². The van der Waals surface area contributed by atoms with E-state index in [1.165, 1.54) is 6.42 Å². The van der Waals surface area contributed by atoms with Gasteiger partial charge in [-0.2, -0.15) is 0 Å². The zero-order chi connectivity index (χ0) is 11.0. The summed E-state index contributed by atoms with van der Waals surface area (Å²) in [5.41, 5.74) is 0. The van der Waals surface area contributed by atoms with Crippen LogP contribution in [0.3, 0.4) is 0 Å². The van der Waals surface area contributed by atoms with Crippen LogP contribution in [0.15, 0.2) is 0 Å². The minimum absolute atomic E-state index is 0.0168. The van der Waals surface area contributed by atoms with E-state index in [0.717, 1.165) is 19.5 Å². The van der Waals surface area contributed by atoms with E-state index in [0.29, 0.717) is 5.92 Å². The lowest BCUT2D eigenvalue weighted by Gasteiger charge is -2.10. The molecule has 0 N–H and O–H groups in total. The van der Waals surface area contributed by atoms with Crippen molar-refractivity contribution in [3.8, 4) is 11.8 Å². The average molecular weight is 195 g/mol. The molecule has 1 rings (SSSR count). The van der Waals surface area contributed by atoms with Crippen molar-refractivity contribution in [2.75, 3.05) is 13.1 Å². The van der Waals surface area contributed by atoms with Crippen molar-refractivity contribution in [1.82, 2.24) is 4.90 Å². The minimum Gasteiger partial charge on any atom is -0.332 e. The fourth-order valence-corrected chi connectivity index (χ4v) is 1.31. The van der Waals surface area contributed by atoms with Crippen LogP contribution in [0, 0.1) is 17.8 Å². The first kappa shape index (κ1) is 13.0. The number of rotatable bonds is 0. The van der Waals surface area contributed by atoms with Gasteiger partial charge in [-0.1, -0.05) is 33.1 Å². The molecular weight excluding hydrogens is 174 g/mol. The Morgan fingerprint density at radius 1 is 1.50 bits per heavy atom. The van der Waals surface area contributed by atoms with E-state index >= 15 is 0 Å². The Bertz CT molecular complexity index is 224. The molecule has 14 heavy (non-hydrogen) atoms. The van der Waals surface area contributed by atoms with Gasteiger partial charge in [-0.15, -0.1) is 0 Å². The van der Waals surface area contributed by atoms with E-state index in [2.05, 4.69) is 32.6 Å². The first-order valence-corrected chi connectivity index (χ1v) is 5.37. The van der Waals surface area contributed by atoms with Crippen molar-refractivity contribution >= 4 is 5.91 Å². The number of nitrogens with zero attached hydrogens (tertiary/aromatic N) is 1. The van der Waals surface area contributed by atoms with Crippen LogP contribution in [0.5, 0.6) is 0 Å². The van der Waals surface area contributed by atoms with Crippen molar-refractivity contribution in [3.05, 3.63) is 0 Å². The van der Waals surface area contributed by atoms with Gasteiger partial charge >= 0.3 is 0 Å². The van der Waals surface area contributed by atoms with Gasteiger partial charge in [0.25, 0.3) is 5.91 Å². The first-order chi connectivity index (χ1) is 6.65. The Hall–Kier alpha value is -0.970. The van der Waals surface area contributed by atoms with Crippen LogP contribution < -0.4 is 0 Å². The highest BCUT2D eigenvalue weighted by atomic mass is 16.2. The molecule has 1 amide bonds. The molecule has 0 aromatic carbocycles. The van der Waals surface area contributed by atoms with Gasteiger partial charge in [0, 0.05) is 13.1 Å². The summed E-state index contributed by atoms with van der Waals surface area (Å²) in [5.74, 6) is 5.80. The zero-order valence-corrected chi connectivity index (χ0v) is 9.76. The predicted octanol–water partition coefficient (Wildman–Crippen LogP) is 2.29. The molecule has 0 aromatic rings. The van der Waals surface area contributed by atoms with Gasteiger partial charge in [-0.3, -0.25) is 4.79 Å². The van der Waals surface area contributed by atoms with Crippen molar-refractivity contribution in [3.63, 3.8) is 0 Å². The average Bonchev–Trinajstić information content (AvgIpc) is 2.54. The molecule has 2 nitrogen and oxygen atoms in total. The molecular formula is C12H21NO. The molecule has 0 radical (unpaired) electrons. The standard InChI is InChI=1S/C9H13NO.C3H8/c1-3-4-9(11)10-6-5-8(2)7-10;1-3-2/h8H,5-7H2,1-2H3;3H2,1-2H3. The molecule has 1 atom stereocenters. The zero-order valence-electron chi connectivity index (χ0n) is 9.76. The molecule has 1 heterocycles. The van der Waals surface area contributed by atoms with E-state index in [9.17, 15) is 4.79 Å². The monoisotopic (exact) mass is 195 g/mol. The second-order valence-corrected chi connectivity index (χ2v) is 3.73. The molecule has 0 bridgehead atoms. The summed E-state index contributed by atoms with van der Waals surface area (Å²) in [6.07, 6.45) is 2.37. The Labute approximate surface area is 87.7 Å². The van der Waals surface area contributed by atoms with Gasteiger partial charge in [-0.25, -0.2) is 0 Å². The lowest BCUT2D eigenvalue weighted by molar-refractivity contribution is -0.124. The Morgan fingerprint density at radius 2 is 2.07 bits per heavy atom. The van der Waals surface area contributed by atoms with Gasteiger partial charge < -0.3 is 4.90 Å². The molecule has 0 saturated carbocycles. The van der Waals surface area contributed by atoms with Gasteiger partial charge in [0.1, 0.15) is 0 Å². The molecule has 1 unspecified atom stereocenters. The fraction of sp³-hybridized carbons (Fsp3) is 0.750. The van der Waals surface area contributed by atoms with Crippen molar-refractivity contribution in [2.45, 2.75) is 40.5 Å². The summed E-state index contributed by atoms with van der Waals surface area (Å²) in [6, 6.07) is 0. The van der Waals surface area contributed by atoms with Crippen LogP contribution in [-0.2, 0) is 4.79 Å². The summed E-state index contributed by atoms with van der Waals surface area (Å²) in [6.45, 7) is 9.87. The van der Waals surface area contributed by atoms with Crippen molar-refractivity contribution in [1.29, 1.82) is 0 Å². The molecule has 1 saturated heterocycles. The third-order valence-electron chi connectivity index (χ3n) is 1.94. The second-order valence-electron chi connectivity index (χ2n) is 3.73. The van der Waals surface area contributed by atoms with Crippen LogP contribution in [0.4, 0.5) is 0 Å². The van der Waals surface area contributed by atoms with Gasteiger partial charge in [0.05, 0.1) is 0 Å². The van der Waals surface area contributed by atoms with E-state index in [1.807, 2.05) is 4.90 Å². The van der Waals surface area contributed by atoms with Gasteiger partial charge in [0.15, 0.2) is 0 Å². The number of carbonyl (C=O) groups excluding carboxylic acids is 1. The van der Waals surface area contributed by atoms with Crippen LogP contribution >= 0.6 is 0 Å². The highest BCUT2D eigenvalue weighted by Gasteiger charge is 2.21. The molecule has 1 fully saturated rings. The van der Waals surface area contributed by atoms with Crippen LogP contribution in [0.2, 0.25) is 0 Å². The number of amides is 1. The second kappa shape index (κ2) is 7.44.